The van der Waals surface area contributed by atoms with Crippen molar-refractivity contribution in [2.45, 2.75) is 6.54 Å². The van der Waals surface area contributed by atoms with Crippen molar-refractivity contribution in [2.75, 3.05) is 0 Å². The number of amides is 1. The maximum atomic E-state index is 14.5. The van der Waals surface area contributed by atoms with Crippen molar-refractivity contribution in [3.8, 4) is 17.2 Å². The molecule has 0 fully saturated rings. The van der Waals surface area contributed by atoms with Crippen LogP contribution in [0.4, 0.5) is 4.39 Å². The van der Waals surface area contributed by atoms with Gasteiger partial charge in [-0.05, 0) is 36.4 Å². The second-order valence-electron chi connectivity index (χ2n) is 6.97. The zero-order chi connectivity index (χ0) is 21.9. The minimum Gasteiger partial charge on any atom is -0.345 e. The minimum absolute atomic E-state index is 0.156. The van der Waals surface area contributed by atoms with Gasteiger partial charge in [-0.2, -0.15) is 5.10 Å². The number of hydrogen-bond acceptors (Lipinski definition) is 4. The lowest BCUT2D eigenvalue weighted by molar-refractivity contribution is 0.0949. The van der Waals surface area contributed by atoms with Crippen LogP contribution in [0, 0.1) is 5.82 Å². The van der Waals surface area contributed by atoms with Crippen LogP contribution in [0.1, 0.15) is 16.2 Å². The van der Waals surface area contributed by atoms with Gasteiger partial charge in [0.05, 0.1) is 12.7 Å². The van der Waals surface area contributed by atoms with E-state index in [1.54, 1.807) is 46.1 Å². The molecule has 5 rings (SSSR count). The molecule has 5 aromatic rings. The van der Waals surface area contributed by atoms with Gasteiger partial charge in [-0.15, -0.1) is 10.2 Å². The lowest BCUT2D eigenvalue weighted by Gasteiger charge is -2.12. The average Bonchev–Trinajstić information content (AvgIpc) is 3.58. The number of rotatable bonds is 6. The van der Waals surface area contributed by atoms with Crippen LogP contribution < -0.4 is 5.32 Å². The average molecular weight is 427 g/mol. The molecule has 0 atom stereocenters. The highest BCUT2D eigenvalue weighted by molar-refractivity contribution is 5.97. The molecule has 1 N–H and O–H groups in total. The van der Waals surface area contributed by atoms with E-state index in [1.807, 2.05) is 42.5 Å². The first kappa shape index (κ1) is 19.4. The maximum absolute atomic E-state index is 14.5. The van der Waals surface area contributed by atoms with Gasteiger partial charge < -0.3 is 9.88 Å². The van der Waals surface area contributed by atoms with Gasteiger partial charge in [-0.3, -0.25) is 9.36 Å². The summed E-state index contributed by atoms with van der Waals surface area (Å²) in [4.78, 5) is 13.1. The summed E-state index contributed by atoms with van der Waals surface area (Å²) in [5, 5.41) is 15.2. The Labute approximate surface area is 182 Å². The van der Waals surface area contributed by atoms with Crippen LogP contribution in [0.3, 0.4) is 0 Å². The van der Waals surface area contributed by atoms with Crippen molar-refractivity contribution in [3.05, 3.63) is 109 Å². The number of hydrogen-bond donors (Lipinski definition) is 1. The summed E-state index contributed by atoms with van der Waals surface area (Å²) < 4.78 is 19.4. The molecule has 8 nitrogen and oxygen atoms in total. The van der Waals surface area contributed by atoms with Gasteiger partial charge in [0.1, 0.15) is 23.4 Å². The van der Waals surface area contributed by atoms with Gasteiger partial charge in [-0.25, -0.2) is 9.07 Å². The molecule has 0 radical (unpaired) electrons. The molecule has 0 aliphatic carbocycles. The van der Waals surface area contributed by atoms with Crippen LogP contribution in [0.15, 0.2) is 91.6 Å². The largest absolute Gasteiger partial charge is 0.345 e. The van der Waals surface area contributed by atoms with Crippen LogP contribution >= 0.6 is 0 Å². The molecule has 0 unspecified atom stereocenters. The predicted molar refractivity (Wildman–Crippen MR) is 115 cm³/mol. The second-order valence-corrected chi connectivity index (χ2v) is 6.97. The molecule has 0 saturated heterocycles. The molecule has 3 heterocycles. The molecule has 9 heteroatoms. The molecule has 0 bridgehead atoms. The Hall–Kier alpha value is -4.53. The topological polar surface area (TPSA) is 82.6 Å². The first-order valence-electron chi connectivity index (χ1n) is 9.91. The molecule has 2 aromatic carbocycles. The lowest BCUT2D eigenvalue weighted by Crippen LogP contribution is -2.25. The second kappa shape index (κ2) is 8.31. The molecule has 0 spiro atoms. The van der Waals surface area contributed by atoms with Crippen molar-refractivity contribution < 1.29 is 9.18 Å². The van der Waals surface area contributed by atoms with Crippen LogP contribution in [-0.2, 0) is 6.54 Å². The van der Waals surface area contributed by atoms with Gasteiger partial charge in [0.25, 0.3) is 5.91 Å². The van der Waals surface area contributed by atoms with Crippen LogP contribution in [0.2, 0.25) is 0 Å². The van der Waals surface area contributed by atoms with E-state index in [1.165, 1.54) is 16.9 Å². The number of carbonyl (C=O) groups excluding carboxylic acids is 1. The number of halogens is 1. The van der Waals surface area contributed by atoms with Gasteiger partial charge in [0.2, 0.25) is 0 Å². The van der Waals surface area contributed by atoms with Crippen molar-refractivity contribution in [1.82, 2.24) is 34.4 Å². The van der Waals surface area contributed by atoms with Gasteiger partial charge in [0, 0.05) is 18.1 Å². The first-order valence-corrected chi connectivity index (χ1v) is 9.91. The van der Waals surface area contributed by atoms with Crippen LogP contribution in [0.25, 0.3) is 17.2 Å². The molecule has 3 aromatic heterocycles. The highest BCUT2D eigenvalue weighted by Gasteiger charge is 2.21. The number of aromatic nitrogens is 6. The molecule has 0 aliphatic rings. The zero-order valence-corrected chi connectivity index (χ0v) is 16.8. The van der Waals surface area contributed by atoms with E-state index in [4.69, 9.17) is 0 Å². The van der Waals surface area contributed by atoms with Gasteiger partial charge in [-0.1, -0.05) is 30.3 Å². The number of nitrogens with one attached hydrogen (secondary N) is 1. The van der Waals surface area contributed by atoms with Crippen molar-refractivity contribution >= 4 is 5.91 Å². The molecule has 1 amide bonds. The van der Waals surface area contributed by atoms with Gasteiger partial charge in [0.15, 0.2) is 11.6 Å². The van der Waals surface area contributed by atoms with E-state index in [2.05, 4.69) is 20.6 Å². The zero-order valence-electron chi connectivity index (χ0n) is 16.8. The summed E-state index contributed by atoms with van der Waals surface area (Å²) in [5.41, 5.74) is 1.44. The Kier molecular flexibility index (Phi) is 5.04. The van der Waals surface area contributed by atoms with E-state index >= 15 is 0 Å². The summed E-state index contributed by atoms with van der Waals surface area (Å²) in [6.07, 6.45) is 6.58. The van der Waals surface area contributed by atoms with E-state index in [0.29, 0.717) is 17.2 Å². The third-order valence-corrected chi connectivity index (χ3v) is 4.98. The monoisotopic (exact) mass is 427 g/mol. The normalized spacial score (nSPS) is 10.9. The third kappa shape index (κ3) is 3.56. The highest BCUT2D eigenvalue weighted by atomic mass is 19.1. The Morgan fingerprint density at radius 2 is 1.72 bits per heavy atom. The summed E-state index contributed by atoms with van der Waals surface area (Å²) in [5.74, 6) is 0.210. The van der Waals surface area contributed by atoms with Crippen molar-refractivity contribution in [1.29, 1.82) is 0 Å². The van der Waals surface area contributed by atoms with E-state index in [0.717, 1.165) is 5.69 Å². The van der Waals surface area contributed by atoms with E-state index in [-0.39, 0.29) is 18.1 Å². The molecule has 0 aliphatic heterocycles. The number of benzene rings is 2. The van der Waals surface area contributed by atoms with Crippen LogP contribution in [0.5, 0.6) is 0 Å². The fraction of sp³-hybridized carbons (Fsp3) is 0.0435. The molecular formula is C23H18FN7O. The summed E-state index contributed by atoms with van der Waals surface area (Å²) in [7, 11) is 0. The Morgan fingerprint density at radius 3 is 2.50 bits per heavy atom. The minimum atomic E-state index is -0.438. The smallest absolute Gasteiger partial charge is 0.257 e. The lowest BCUT2D eigenvalue weighted by atomic mass is 10.2. The fourth-order valence-electron chi connectivity index (χ4n) is 3.46. The number of nitrogens with zero attached hydrogens (tertiary/aromatic N) is 6. The van der Waals surface area contributed by atoms with Crippen molar-refractivity contribution in [2.24, 2.45) is 0 Å². The Balaban J connectivity index is 1.46. The van der Waals surface area contributed by atoms with Crippen LogP contribution in [-0.4, -0.2) is 35.0 Å². The molecule has 0 saturated carbocycles. The molecular weight excluding hydrogens is 409 g/mol. The van der Waals surface area contributed by atoms with Gasteiger partial charge >= 0.3 is 0 Å². The summed E-state index contributed by atoms with van der Waals surface area (Å²) >= 11 is 0. The molecule has 32 heavy (non-hydrogen) atoms. The standard InChI is InChI=1S/C23H18FN7O/c24-19-10-4-5-11-20(19)31-23(29-12-6-7-13-29)18(14-27-31)22(32)25-15-21-28-26-16-30(21)17-8-2-1-3-9-17/h1-14,16H,15H2,(H,25,32). The quantitative estimate of drug-likeness (QED) is 0.451. The Bertz CT molecular complexity index is 1360. The van der Waals surface area contributed by atoms with E-state index in [9.17, 15) is 9.18 Å². The van der Waals surface area contributed by atoms with E-state index < -0.39 is 5.82 Å². The highest BCUT2D eigenvalue weighted by Crippen LogP contribution is 2.22. The fourth-order valence-corrected chi connectivity index (χ4v) is 3.46. The first-order chi connectivity index (χ1) is 15.7. The third-order valence-electron chi connectivity index (χ3n) is 4.98. The number of para-hydroxylation sites is 2. The maximum Gasteiger partial charge on any atom is 0.257 e. The summed E-state index contributed by atoms with van der Waals surface area (Å²) in [6.45, 7) is 0.156. The van der Waals surface area contributed by atoms with Crippen molar-refractivity contribution in [3.63, 3.8) is 0 Å². The Morgan fingerprint density at radius 1 is 0.969 bits per heavy atom. The SMILES string of the molecule is O=C(NCc1nncn1-c1ccccc1)c1cnn(-c2ccccc2F)c1-n1cccc1. The number of carbonyl (C=O) groups is 1. The summed E-state index contributed by atoms with van der Waals surface area (Å²) in [6, 6.07) is 19.5. The molecule has 158 valence electrons. The predicted octanol–water partition coefficient (Wildman–Crippen LogP) is 3.31.